The minimum Gasteiger partial charge on any atom is -0.508 e. The summed E-state index contributed by atoms with van der Waals surface area (Å²) in [6.45, 7) is 7.27. The van der Waals surface area contributed by atoms with E-state index in [1.54, 1.807) is 46.0 Å². The van der Waals surface area contributed by atoms with Crippen LogP contribution in [0.4, 0.5) is 0 Å². The molecule has 8 atom stereocenters. The largest absolute Gasteiger partial charge is 0.508 e. The van der Waals surface area contributed by atoms with Crippen molar-refractivity contribution in [2.24, 2.45) is 11.7 Å². The molecule has 3 saturated heterocycles. The van der Waals surface area contributed by atoms with Crippen LogP contribution in [0.1, 0.15) is 58.1 Å². The number of carbonyl (C=O) groups excluding carboxylic acids is 5. The number of aromatic amines is 1. The minimum absolute atomic E-state index is 0.0165. The topological polar surface area (TPSA) is 235 Å². The lowest BCUT2D eigenvalue weighted by Crippen LogP contribution is -2.63. The van der Waals surface area contributed by atoms with E-state index in [-0.39, 0.29) is 25.0 Å². The van der Waals surface area contributed by atoms with Gasteiger partial charge in [0.05, 0.1) is 6.04 Å². The number of fused-ring (bicyclic) bond motifs is 4. The highest BCUT2D eigenvalue weighted by molar-refractivity contribution is 5.97. The van der Waals surface area contributed by atoms with Gasteiger partial charge in [-0.2, -0.15) is 0 Å². The molecule has 9 N–H and O–H groups in total. The third kappa shape index (κ3) is 9.27. The average molecular weight is 762 g/mol. The number of amides is 5. The first-order valence-electron chi connectivity index (χ1n) is 18.8. The van der Waals surface area contributed by atoms with Gasteiger partial charge in [0.15, 0.2) is 18.2 Å². The molecule has 0 bridgehead atoms. The lowest BCUT2D eigenvalue weighted by Gasteiger charge is -2.31. The number of para-hydroxylation sites is 1. The van der Waals surface area contributed by atoms with Gasteiger partial charge < -0.3 is 56.6 Å². The van der Waals surface area contributed by atoms with Crippen molar-refractivity contribution in [1.82, 2.24) is 31.6 Å². The molecule has 16 heteroatoms. The molecule has 3 aliphatic rings. The van der Waals surface area contributed by atoms with E-state index >= 15 is 0 Å². The molecule has 3 aliphatic heterocycles. The summed E-state index contributed by atoms with van der Waals surface area (Å²) in [7, 11) is 0. The van der Waals surface area contributed by atoms with Gasteiger partial charge in [0.25, 0.3) is 5.91 Å². The fraction of sp³-hybridized carbons (Fsp3) is 0.513. The summed E-state index contributed by atoms with van der Waals surface area (Å²) in [4.78, 5) is 74.1. The summed E-state index contributed by atoms with van der Waals surface area (Å²) in [5.74, 6) is -4.73. The number of phenols is 1. The molecular formula is C39H51N7O9. The van der Waals surface area contributed by atoms with Crippen molar-refractivity contribution in [2.75, 3.05) is 6.54 Å². The second kappa shape index (κ2) is 16.8. The molecular weight excluding hydrogens is 710 g/mol. The van der Waals surface area contributed by atoms with Crippen molar-refractivity contribution in [3.8, 4) is 5.75 Å². The number of hydrogen-bond donors (Lipinski definition) is 8. The van der Waals surface area contributed by atoms with Gasteiger partial charge in [-0.3, -0.25) is 24.0 Å². The first-order valence-corrected chi connectivity index (χ1v) is 18.8. The van der Waals surface area contributed by atoms with Crippen molar-refractivity contribution in [1.29, 1.82) is 0 Å². The monoisotopic (exact) mass is 761 g/mol. The molecule has 2 aromatic carbocycles. The molecule has 3 aromatic rings. The van der Waals surface area contributed by atoms with Gasteiger partial charge in [-0.25, -0.2) is 0 Å². The number of unbranched alkanes of at least 4 members (excludes halogenated alkanes) is 1. The Morgan fingerprint density at radius 1 is 0.764 bits per heavy atom. The Hall–Kier alpha value is -5.03. The van der Waals surface area contributed by atoms with E-state index in [0.717, 1.165) is 16.5 Å². The summed E-state index contributed by atoms with van der Waals surface area (Å²) in [5, 5.41) is 25.0. The zero-order chi connectivity index (χ0) is 39.4. The van der Waals surface area contributed by atoms with Crippen LogP contribution in [0.2, 0.25) is 0 Å². The fourth-order valence-corrected chi connectivity index (χ4v) is 7.30. The van der Waals surface area contributed by atoms with Crippen molar-refractivity contribution in [2.45, 2.75) is 114 Å². The van der Waals surface area contributed by atoms with Crippen molar-refractivity contribution < 1.29 is 43.3 Å². The van der Waals surface area contributed by atoms with Crippen LogP contribution in [-0.4, -0.2) is 101 Å². The minimum atomic E-state index is -1.36. The predicted molar refractivity (Wildman–Crippen MR) is 200 cm³/mol. The van der Waals surface area contributed by atoms with Crippen molar-refractivity contribution in [3.05, 3.63) is 65.9 Å². The van der Waals surface area contributed by atoms with Crippen LogP contribution >= 0.6 is 0 Å². The van der Waals surface area contributed by atoms with Crippen LogP contribution in [-0.2, 0) is 51.0 Å². The molecule has 0 radical (unpaired) electrons. The second-order valence-electron chi connectivity index (χ2n) is 15.2. The molecule has 296 valence electrons. The van der Waals surface area contributed by atoms with Crippen molar-refractivity contribution in [3.63, 3.8) is 0 Å². The predicted octanol–water partition coefficient (Wildman–Crippen LogP) is 0.758. The fourth-order valence-electron chi connectivity index (χ4n) is 7.30. The lowest BCUT2D eigenvalue weighted by molar-refractivity contribution is -0.208. The highest BCUT2D eigenvalue weighted by atomic mass is 16.8. The van der Waals surface area contributed by atoms with E-state index in [9.17, 15) is 29.1 Å². The number of hydrogen-bond acceptors (Lipinski definition) is 10. The quantitative estimate of drug-likeness (QED) is 0.143. The maximum absolute atomic E-state index is 14.4. The standard InChI is InChI=1S/C39H51N7O9/c1-20(2)29-36(51)46-30-31(53-38-32(30)54-39(3,4)55-38)37(52)44-27(17-21-12-14-23(47)15-13-21)34(49)43-28(18-22-19-41-25-10-6-5-9-24(22)25)35(50)42-26(33(48)45-29)11-7-8-16-40/h5-6,9-10,12-15,19-20,26-32,38,41,47H,7-8,11,16-18,40H2,1-4H3,(H,42,50)(H,43,49)(H,44,52)(H,45,48)(H,46,51)/t26-,27-,28+,29-,30+,31-,32?,38+/m0/s1. The zero-order valence-electron chi connectivity index (χ0n) is 31.4. The number of aromatic nitrogens is 1. The van der Waals surface area contributed by atoms with Gasteiger partial charge >= 0.3 is 0 Å². The van der Waals surface area contributed by atoms with E-state index in [4.69, 9.17) is 19.9 Å². The normalized spacial score (nSPS) is 28.9. The molecule has 1 aromatic heterocycles. The Morgan fingerprint density at radius 2 is 1.42 bits per heavy atom. The Bertz CT molecular complexity index is 1880. The van der Waals surface area contributed by atoms with Crippen LogP contribution in [0.3, 0.4) is 0 Å². The SMILES string of the molecule is CC(C)[C@@H]1NC(=O)[C@H](CCCCN)NC(=O)[C@@H](Cc2c[nH]c3ccccc23)NC(=O)[C@H](Cc2ccc(O)cc2)NC(=O)[C@H]2O[C@@H]3OC(C)(C)OC3[C@@H]2NC1=O. The smallest absolute Gasteiger partial charge is 0.252 e. The molecule has 3 fully saturated rings. The molecule has 5 amide bonds. The first-order chi connectivity index (χ1) is 26.2. The van der Waals surface area contributed by atoms with E-state index < -0.39 is 89.9 Å². The van der Waals surface area contributed by atoms with Crippen LogP contribution in [0, 0.1) is 5.92 Å². The Morgan fingerprint density at radius 3 is 2.13 bits per heavy atom. The number of aromatic hydroxyl groups is 1. The Kier molecular flexibility index (Phi) is 12.1. The van der Waals surface area contributed by atoms with Crippen molar-refractivity contribution >= 4 is 40.4 Å². The number of carbonyl (C=O) groups is 5. The molecule has 4 heterocycles. The molecule has 55 heavy (non-hydrogen) atoms. The number of rotatable bonds is 9. The van der Waals surface area contributed by atoms with Gasteiger partial charge in [0.2, 0.25) is 23.6 Å². The lowest BCUT2D eigenvalue weighted by atomic mass is 9.98. The molecule has 0 saturated carbocycles. The van der Waals surface area contributed by atoms with Crippen LogP contribution in [0.5, 0.6) is 5.75 Å². The molecule has 16 nitrogen and oxygen atoms in total. The third-order valence-corrected chi connectivity index (χ3v) is 10.2. The third-order valence-electron chi connectivity index (χ3n) is 10.2. The van der Waals surface area contributed by atoms with Crippen LogP contribution < -0.4 is 32.3 Å². The first kappa shape index (κ1) is 39.7. The van der Waals surface area contributed by atoms with Gasteiger partial charge in [-0.05, 0) is 74.9 Å². The van der Waals surface area contributed by atoms with Gasteiger partial charge in [-0.1, -0.05) is 44.2 Å². The highest BCUT2D eigenvalue weighted by Crippen LogP contribution is 2.38. The zero-order valence-corrected chi connectivity index (χ0v) is 31.4. The highest BCUT2D eigenvalue weighted by Gasteiger charge is 2.58. The Labute approximate surface area is 319 Å². The second-order valence-corrected chi connectivity index (χ2v) is 15.2. The van der Waals surface area contributed by atoms with Gasteiger partial charge in [0, 0.05) is 29.9 Å². The number of benzene rings is 2. The number of phenolic OH excluding ortho intramolecular Hbond substituents is 1. The van der Waals surface area contributed by atoms with Gasteiger partial charge in [0.1, 0.15) is 36.0 Å². The summed E-state index contributed by atoms with van der Waals surface area (Å²) >= 11 is 0. The average Bonchev–Trinajstić information content (AvgIpc) is 3.79. The number of nitrogens with one attached hydrogen (secondary N) is 6. The summed E-state index contributed by atoms with van der Waals surface area (Å²) in [6.07, 6.45) is -0.207. The Balaban J connectivity index is 1.40. The molecule has 6 rings (SSSR count). The molecule has 0 aliphatic carbocycles. The summed E-state index contributed by atoms with van der Waals surface area (Å²) < 4.78 is 18.1. The maximum atomic E-state index is 14.4. The number of H-pyrrole nitrogens is 1. The van der Waals surface area contributed by atoms with E-state index in [2.05, 4.69) is 31.6 Å². The van der Waals surface area contributed by atoms with Crippen LogP contribution in [0.25, 0.3) is 10.9 Å². The van der Waals surface area contributed by atoms with E-state index in [0.29, 0.717) is 24.9 Å². The molecule has 1 unspecified atom stereocenters. The number of nitrogens with two attached hydrogens (primary N) is 1. The number of ether oxygens (including phenoxy) is 3. The van der Waals surface area contributed by atoms with E-state index in [1.807, 2.05) is 24.3 Å². The van der Waals surface area contributed by atoms with Crippen LogP contribution in [0.15, 0.2) is 54.7 Å². The van der Waals surface area contributed by atoms with Gasteiger partial charge in [-0.15, -0.1) is 0 Å². The summed E-state index contributed by atoms with van der Waals surface area (Å²) in [6, 6.07) is 8.00. The maximum Gasteiger partial charge on any atom is 0.252 e. The molecule has 0 spiro atoms. The summed E-state index contributed by atoms with van der Waals surface area (Å²) in [5.41, 5.74) is 7.93. The van der Waals surface area contributed by atoms with E-state index in [1.165, 1.54) is 12.1 Å².